The largest absolute Gasteiger partial charge is 0.392 e. The van der Waals surface area contributed by atoms with E-state index in [-0.39, 0.29) is 17.2 Å². The summed E-state index contributed by atoms with van der Waals surface area (Å²) in [5, 5.41) is 13.3. The molecule has 1 rings (SSSR count). The minimum Gasteiger partial charge on any atom is -0.392 e. The van der Waals surface area contributed by atoms with Gasteiger partial charge >= 0.3 is 0 Å². The number of amides is 1. The van der Waals surface area contributed by atoms with E-state index >= 15 is 0 Å². The third-order valence-corrected chi connectivity index (χ3v) is 3.53. The van der Waals surface area contributed by atoms with Crippen molar-refractivity contribution in [3.8, 4) is 0 Å². The maximum Gasteiger partial charge on any atom is 0.244 e. The normalized spacial score (nSPS) is 13.7. The van der Waals surface area contributed by atoms with Crippen LogP contribution in [0.3, 0.4) is 0 Å². The minimum atomic E-state index is -0.471. The van der Waals surface area contributed by atoms with E-state index in [9.17, 15) is 9.90 Å². The van der Waals surface area contributed by atoms with Gasteiger partial charge in [0, 0.05) is 24.2 Å². The molecule has 1 unspecified atom stereocenters. The molecule has 21 heavy (non-hydrogen) atoms. The van der Waals surface area contributed by atoms with E-state index in [0.29, 0.717) is 11.7 Å². The zero-order valence-electron chi connectivity index (χ0n) is 12.9. The molecular weight excluding hydrogens is 288 g/mol. The SMILES string of the molecule is CC(C)C(O)C(C)(C)CNC(=O)/C=C/c1ccnc(Cl)c1. The van der Waals surface area contributed by atoms with Gasteiger partial charge in [-0.2, -0.15) is 0 Å². The molecule has 0 fully saturated rings. The summed E-state index contributed by atoms with van der Waals surface area (Å²) in [4.78, 5) is 15.7. The summed E-state index contributed by atoms with van der Waals surface area (Å²) in [5.74, 6) is -0.0571. The highest BCUT2D eigenvalue weighted by molar-refractivity contribution is 6.29. The van der Waals surface area contributed by atoms with Crippen molar-refractivity contribution in [3.63, 3.8) is 0 Å². The first-order valence-electron chi connectivity index (χ1n) is 6.98. The standard InChI is InChI=1S/C16H23ClN2O2/c1-11(2)15(21)16(3,4)10-19-14(20)6-5-12-7-8-18-13(17)9-12/h5-9,11,15,21H,10H2,1-4H3,(H,19,20)/b6-5+. The highest BCUT2D eigenvalue weighted by atomic mass is 35.5. The number of aliphatic hydroxyl groups excluding tert-OH is 1. The van der Waals surface area contributed by atoms with Gasteiger partial charge in [0.15, 0.2) is 0 Å². The van der Waals surface area contributed by atoms with Crippen LogP contribution >= 0.6 is 11.6 Å². The Hall–Kier alpha value is -1.39. The highest BCUT2D eigenvalue weighted by Gasteiger charge is 2.30. The van der Waals surface area contributed by atoms with Gasteiger partial charge < -0.3 is 10.4 Å². The van der Waals surface area contributed by atoms with Gasteiger partial charge in [-0.3, -0.25) is 4.79 Å². The number of nitrogens with one attached hydrogen (secondary N) is 1. The number of halogens is 1. The number of hydrogen-bond donors (Lipinski definition) is 2. The Kier molecular flexibility index (Phi) is 6.37. The Bertz CT molecular complexity index is 513. The van der Waals surface area contributed by atoms with Crippen molar-refractivity contribution >= 4 is 23.6 Å². The Balaban J connectivity index is 2.55. The fraction of sp³-hybridized carbons (Fsp3) is 0.500. The topological polar surface area (TPSA) is 62.2 Å². The molecule has 0 aromatic carbocycles. The molecule has 0 aliphatic rings. The average Bonchev–Trinajstić information content (AvgIpc) is 2.42. The first-order chi connectivity index (χ1) is 9.72. The van der Waals surface area contributed by atoms with Crippen LogP contribution in [0.5, 0.6) is 0 Å². The predicted octanol–water partition coefficient (Wildman–Crippen LogP) is 2.91. The lowest BCUT2D eigenvalue weighted by Crippen LogP contribution is -2.43. The lowest BCUT2D eigenvalue weighted by atomic mass is 9.81. The van der Waals surface area contributed by atoms with Crippen LogP contribution in [0, 0.1) is 11.3 Å². The predicted molar refractivity (Wildman–Crippen MR) is 85.9 cm³/mol. The number of rotatable bonds is 6. The van der Waals surface area contributed by atoms with Crippen LogP contribution < -0.4 is 5.32 Å². The first kappa shape index (κ1) is 17.7. The van der Waals surface area contributed by atoms with E-state index in [1.807, 2.05) is 27.7 Å². The molecule has 0 saturated carbocycles. The summed E-state index contributed by atoms with van der Waals surface area (Å²) in [5.41, 5.74) is 0.434. The second kappa shape index (κ2) is 7.57. The average molecular weight is 311 g/mol. The maximum absolute atomic E-state index is 11.8. The van der Waals surface area contributed by atoms with Crippen molar-refractivity contribution in [1.29, 1.82) is 0 Å². The molecule has 1 atom stereocenters. The van der Waals surface area contributed by atoms with Crippen molar-refractivity contribution in [2.24, 2.45) is 11.3 Å². The number of aliphatic hydroxyl groups is 1. The molecule has 0 saturated heterocycles. The van der Waals surface area contributed by atoms with Crippen molar-refractivity contribution in [1.82, 2.24) is 10.3 Å². The van der Waals surface area contributed by atoms with Gasteiger partial charge in [0.25, 0.3) is 0 Å². The van der Waals surface area contributed by atoms with Crippen molar-refractivity contribution in [3.05, 3.63) is 35.1 Å². The van der Waals surface area contributed by atoms with Gasteiger partial charge in [0.05, 0.1) is 6.10 Å². The lowest BCUT2D eigenvalue weighted by molar-refractivity contribution is -0.117. The highest BCUT2D eigenvalue weighted by Crippen LogP contribution is 2.25. The van der Waals surface area contributed by atoms with Gasteiger partial charge in [-0.25, -0.2) is 4.98 Å². The summed E-state index contributed by atoms with van der Waals surface area (Å²) in [6.07, 6.45) is 4.24. The van der Waals surface area contributed by atoms with Gasteiger partial charge in [-0.1, -0.05) is 39.3 Å². The molecule has 0 aliphatic carbocycles. The monoisotopic (exact) mass is 310 g/mol. The molecule has 116 valence electrons. The summed E-state index contributed by atoms with van der Waals surface area (Å²) < 4.78 is 0. The van der Waals surface area contributed by atoms with Crippen LogP contribution in [0.25, 0.3) is 6.08 Å². The number of carbonyl (C=O) groups is 1. The molecule has 0 bridgehead atoms. The summed E-state index contributed by atoms with van der Waals surface area (Å²) in [6, 6.07) is 3.44. The number of aromatic nitrogens is 1. The van der Waals surface area contributed by atoms with Crippen LogP contribution in [0.15, 0.2) is 24.4 Å². The summed E-state index contributed by atoms with van der Waals surface area (Å²) in [7, 11) is 0. The van der Waals surface area contributed by atoms with Crippen molar-refractivity contribution in [2.45, 2.75) is 33.8 Å². The fourth-order valence-electron chi connectivity index (χ4n) is 2.07. The Labute approximate surface area is 131 Å². The lowest BCUT2D eigenvalue weighted by Gasteiger charge is -2.33. The third-order valence-electron chi connectivity index (χ3n) is 3.33. The molecule has 2 N–H and O–H groups in total. The Morgan fingerprint density at radius 3 is 2.76 bits per heavy atom. The van der Waals surface area contributed by atoms with E-state index in [0.717, 1.165) is 5.56 Å². The van der Waals surface area contributed by atoms with E-state index in [1.165, 1.54) is 6.08 Å². The maximum atomic E-state index is 11.8. The van der Waals surface area contributed by atoms with Crippen LogP contribution in [-0.4, -0.2) is 28.6 Å². The van der Waals surface area contributed by atoms with Crippen LogP contribution in [0.4, 0.5) is 0 Å². The van der Waals surface area contributed by atoms with Crippen molar-refractivity contribution < 1.29 is 9.90 Å². The van der Waals surface area contributed by atoms with E-state index < -0.39 is 6.10 Å². The Morgan fingerprint density at radius 1 is 1.52 bits per heavy atom. The van der Waals surface area contributed by atoms with Crippen LogP contribution in [0.2, 0.25) is 5.15 Å². The van der Waals surface area contributed by atoms with Crippen LogP contribution in [0.1, 0.15) is 33.3 Å². The van der Waals surface area contributed by atoms with E-state index in [4.69, 9.17) is 11.6 Å². The smallest absolute Gasteiger partial charge is 0.244 e. The molecule has 1 amide bonds. The minimum absolute atomic E-state index is 0.145. The van der Waals surface area contributed by atoms with Gasteiger partial charge in [0.2, 0.25) is 5.91 Å². The van der Waals surface area contributed by atoms with Gasteiger partial charge in [-0.15, -0.1) is 0 Å². The zero-order chi connectivity index (χ0) is 16.0. The molecule has 1 heterocycles. The second-order valence-electron chi connectivity index (χ2n) is 6.14. The van der Waals surface area contributed by atoms with E-state index in [2.05, 4.69) is 10.3 Å². The number of pyridine rings is 1. The quantitative estimate of drug-likeness (QED) is 0.627. The van der Waals surface area contributed by atoms with Crippen molar-refractivity contribution in [2.75, 3.05) is 6.54 Å². The fourth-order valence-corrected chi connectivity index (χ4v) is 2.26. The summed E-state index contributed by atoms with van der Waals surface area (Å²) in [6.45, 7) is 8.20. The van der Waals surface area contributed by atoms with Crippen LogP contribution in [-0.2, 0) is 4.79 Å². The first-order valence-corrected chi connectivity index (χ1v) is 7.35. The molecule has 0 radical (unpaired) electrons. The number of hydrogen-bond acceptors (Lipinski definition) is 3. The number of nitrogens with zero attached hydrogens (tertiary/aromatic N) is 1. The molecular formula is C16H23ClN2O2. The molecule has 1 aromatic heterocycles. The molecule has 0 aliphatic heterocycles. The van der Waals surface area contributed by atoms with E-state index in [1.54, 1.807) is 24.4 Å². The molecule has 1 aromatic rings. The molecule has 4 nitrogen and oxygen atoms in total. The summed E-state index contributed by atoms with van der Waals surface area (Å²) >= 11 is 5.77. The molecule has 5 heteroatoms. The van der Waals surface area contributed by atoms with Gasteiger partial charge in [0.1, 0.15) is 5.15 Å². The Morgan fingerprint density at radius 2 is 2.19 bits per heavy atom. The third kappa shape index (κ3) is 5.86. The molecule has 0 spiro atoms. The van der Waals surface area contributed by atoms with Gasteiger partial charge in [-0.05, 0) is 29.7 Å². The number of carbonyl (C=O) groups excluding carboxylic acids is 1. The second-order valence-corrected chi connectivity index (χ2v) is 6.53. The zero-order valence-corrected chi connectivity index (χ0v) is 13.7.